The Labute approximate surface area is 92.6 Å². The van der Waals surface area contributed by atoms with Gasteiger partial charge < -0.3 is 26.7 Å². The second-order valence-corrected chi connectivity index (χ2v) is 2.68. The molecule has 7 N–H and O–H groups in total. The van der Waals surface area contributed by atoms with Crippen LogP contribution in [0.4, 0.5) is 0 Å². The van der Waals surface area contributed by atoms with Crippen LogP contribution in [0, 0.1) is 10.3 Å². The minimum Gasteiger partial charge on any atom is -0.480 e. The molecule has 0 aromatic heterocycles. The summed E-state index contributed by atoms with van der Waals surface area (Å²) in [5.74, 6) is -1.11. The van der Waals surface area contributed by atoms with E-state index < -0.39 is 12.0 Å². The summed E-state index contributed by atoms with van der Waals surface area (Å²) in [4.78, 5) is 22.5. The van der Waals surface area contributed by atoms with Gasteiger partial charge in [-0.05, 0) is 12.8 Å². The van der Waals surface area contributed by atoms with E-state index in [0.717, 1.165) is 0 Å². The molecule has 0 spiro atoms. The molecule has 0 bridgehead atoms. The van der Waals surface area contributed by atoms with E-state index >= 15 is 0 Å². The van der Waals surface area contributed by atoms with Crippen LogP contribution in [0.5, 0.6) is 0 Å². The van der Waals surface area contributed by atoms with E-state index in [0.29, 0.717) is 19.4 Å². The second kappa shape index (κ2) is 11.2. The van der Waals surface area contributed by atoms with E-state index in [2.05, 4.69) is 10.2 Å². The molecule has 1 unspecified atom stereocenters. The Morgan fingerprint density at radius 1 is 1.69 bits per heavy atom. The van der Waals surface area contributed by atoms with Crippen molar-refractivity contribution in [3.8, 4) is 0 Å². The van der Waals surface area contributed by atoms with Gasteiger partial charge in [0.05, 0.1) is 0 Å². The van der Waals surface area contributed by atoms with Gasteiger partial charge in [0.2, 0.25) is 0 Å². The summed E-state index contributed by atoms with van der Waals surface area (Å²) in [6, 6.07) is -0.821. The maximum atomic E-state index is 10.2. The predicted molar refractivity (Wildman–Crippen MR) is 57.6 cm³/mol. The Kier molecular flexibility index (Phi) is 11.5. The van der Waals surface area contributed by atoms with Gasteiger partial charge in [0.25, 0.3) is 0 Å². The highest BCUT2D eigenvalue weighted by Gasteiger charge is 2.09. The molecule has 0 radical (unpaired) electrons. The zero-order chi connectivity index (χ0) is 13.0. The second-order valence-electron chi connectivity index (χ2n) is 2.68. The van der Waals surface area contributed by atoms with Gasteiger partial charge in [-0.15, -0.1) is 4.91 Å². The number of guanidine groups is 1. The average Bonchev–Trinajstić information content (AvgIpc) is 2.24. The van der Waals surface area contributed by atoms with Gasteiger partial charge in [-0.2, -0.15) is 0 Å². The number of nitrogens with zero attached hydrogens (tertiary/aromatic N) is 1. The first kappa shape index (κ1) is 16.5. The monoisotopic (exact) mass is 235 g/mol. The molecule has 9 nitrogen and oxygen atoms in total. The third kappa shape index (κ3) is 14.6. The first-order valence-electron chi connectivity index (χ1n) is 4.37. The Balaban J connectivity index is 0. The number of nitrogens with one attached hydrogen (secondary N) is 2. The smallest absolute Gasteiger partial charge is 0.320 e. The number of aliphatic carboxylic acids is 1. The minimum atomic E-state index is -1.00. The molecule has 0 aliphatic rings. The molecular formula is C7H17N5O4. The van der Waals surface area contributed by atoms with E-state index in [1.807, 2.05) is 5.34 Å². The van der Waals surface area contributed by atoms with E-state index in [1.165, 1.54) is 7.11 Å². The van der Waals surface area contributed by atoms with Crippen molar-refractivity contribution in [2.45, 2.75) is 18.9 Å². The third-order valence-electron chi connectivity index (χ3n) is 1.40. The van der Waals surface area contributed by atoms with Crippen molar-refractivity contribution in [3.63, 3.8) is 0 Å². The third-order valence-corrected chi connectivity index (χ3v) is 1.40. The van der Waals surface area contributed by atoms with E-state index in [-0.39, 0.29) is 5.96 Å². The first-order chi connectivity index (χ1) is 7.45. The van der Waals surface area contributed by atoms with Crippen LogP contribution in [0.15, 0.2) is 5.34 Å². The summed E-state index contributed by atoms with van der Waals surface area (Å²) in [5, 5.41) is 19.7. The fourth-order valence-corrected chi connectivity index (χ4v) is 0.669. The molecular weight excluding hydrogens is 218 g/mol. The van der Waals surface area contributed by atoms with E-state index in [1.54, 1.807) is 0 Å². The molecule has 0 heterocycles. The Morgan fingerprint density at radius 2 is 2.19 bits per heavy atom. The van der Waals surface area contributed by atoms with Crippen molar-refractivity contribution in [1.82, 2.24) is 5.32 Å². The van der Waals surface area contributed by atoms with Crippen molar-refractivity contribution >= 4 is 11.9 Å². The van der Waals surface area contributed by atoms with Gasteiger partial charge >= 0.3 is 5.97 Å². The van der Waals surface area contributed by atoms with Crippen molar-refractivity contribution in [2.75, 3.05) is 13.7 Å². The van der Waals surface area contributed by atoms with Gasteiger partial charge in [-0.25, -0.2) is 0 Å². The maximum absolute atomic E-state index is 10.2. The zero-order valence-electron chi connectivity index (χ0n) is 8.97. The number of hydrogen-bond acceptors (Lipinski definition) is 6. The highest BCUT2D eigenvalue weighted by atomic mass is 16.7. The number of nitrogens with two attached hydrogens (primary N) is 2. The lowest BCUT2D eigenvalue weighted by atomic mass is 10.2. The van der Waals surface area contributed by atoms with Crippen LogP contribution in [-0.4, -0.2) is 36.7 Å². The lowest BCUT2D eigenvalue weighted by Gasteiger charge is -2.06. The number of carbonyl (C=O) groups is 1. The number of rotatable bonds is 6. The topological polar surface area (TPSA) is 164 Å². The largest absolute Gasteiger partial charge is 0.480 e. The molecule has 0 fully saturated rings. The molecule has 0 saturated carbocycles. The normalized spacial score (nSPS) is 10.4. The molecule has 0 aliphatic carbocycles. The molecule has 16 heavy (non-hydrogen) atoms. The van der Waals surface area contributed by atoms with Gasteiger partial charge in [0, 0.05) is 6.54 Å². The SMILES string of the molecule is CON=O.N=C(N)NCCCC(N)C(=O)O. The predicted octanol–water partition coefficient (Wildman–Crippen LogP) is -1.02. The van der Waals surface area contributed by atoms with Crippen molar-refractivity contribution < 1.29 is 14.7 Å². The number of carboxylic acid groups (broad SMARTS) is 1. The van der Waals surface area contributed by atoms with Gasteiger partial charge in [-0.3, -0.25) is 10.2 Å². The standard InChI is InChI=1S/C6H14N4O2.CH3NO2/c7-4(5(11)12)2-1-3-10-6(8)9;1-4-2-3/h4H,1-3,7H2,(H,11,12)(H4,8,9,10);1H3. The number of hydrogen-bond donors (Lipinski definition) is 5. The lowest BCUT2D eigenvalue weighted by molar-refractivity contribution is -0.138. The fraction of sp³-hybridized carbons (Fsp3) is 0.714. The van der Waals surface area contributed by atoms with Crippen LogP contribution in [0.25, 0.3) is 0 Å². The first-order valence-corrected chi connectivity index (χ1v) is 4.37. The maximum Gasteiger partial charge on any atom is 0.320 e. The summed E-state index contributed by atoms with van der Waals surface area (Å²) < 4.78 is 0. The molecule has 94 valence electrons. The van der Waals surface area contributed by atoms with Crippen LogP contribution in [0.3, 0.4) is 0 Å². The average molecular weight is 235 g/mol. The van der Waals surface area contributed by atoms with Crippen LogP contribution < -0.4 is 16.8 Å². The van der Waals surface area contributed by atoms with Crippen LogP contribution in [0.1, 0.15) is 12.8 Å². The van der Waals surface area contributed by atoms with Crippen LogP contribution >= 0.6 is 0 Å². The molecule has 0 aliphatic heterocycles. The zero-order valence-corrected chi connectivity index (χ0v) is 8.97. The van der Waals surface area contributed by atoms with Gasteiger partial charge in [0.1, 0.15) is 13.2 Å². The summed E-state index contributed by atoms with van der Waals surface area (Å²) in [6.07, 6.45) is 0.975. The molecule has 9 heteroatoms. The van der Waals surface area contributed by atoms with Gasteiger partial charge in [0.15, 0.2) is 11.3 Å². The Hall–Kier alpha value is -1.90. The number of carboxylic acids is 1. The van der Waals surface area contributed by atoms with Crippen molar-refractivity contribution in [3.05, 3.63) is 4.91 Å². The van der Waals surface area contributed by atoms with Crippen LogP contribution in [0.2, 0.25) is 0 Å². The summed E-state index contributed by atoms with van der Waals surface area (Å²) in [7, 11) is 1.20. The van der Waals surface area contributed by atoms with Gasteiger partial charge in [-0.1, -0.05) is 0 Å². The molecule has 0 aromatic carbocycles. The molecule has 0 aromatic rings. The Bertz CT molecular complexity index is 223. The molecule has 0 saturated heterocycles. The fourth-order valence-electron chi connectivity index (χ4n) is 0.669. The highest BCUT2D eigenvalue weighted by molar-refractivity contribution is 5.74. The van der Waals surface area contributed by atoms with Crippen molar-refractivity contribution in [2.24, 2.45) is 16.8 Å². The quantitative estimate of drug-likeness (QED) is 0.129. The van der Waals surface area contributed by atoms with E-state index in [9.17, 15) is 4.79 Å². The molecule has 0 amide bonds. The Morgan fingerprint density at radius 3 is 2.50 bits per heavy atom. The molecule has 0 rings (SSSR count). The van der Waals surface area contributed by atoms with Crippen molar-refractivity contribution in [1.29, 1.82) is 5.41 Å². The summed E-state index contributed by atoms with van der Waals surface area (Å²) >= 11 is 0. The van der Waals surface area contributed by atoms with Crippen LogP contribution in [-0.2, 0) is 9.63 Å². The highest BCUT2D eigenvalue weighted by Crippen LogP contribution is 1.92. The minimum absolute atomic E-state index is 0.112. The molecule has 1 atom stereocenters. The summed E-state index contributed by atoms with van der Waals surface area (Å²) in [6.45, 7) is 0.482. The lowest BCUT2D eigenvalue weighted by Crippen LogP contribution is -2.34. The summed E-state index contributed by atoms with van der Waals surface area (Å²) in [5.41, 5.74) is 10.2. The van der Waals surface area contributed by atoms with E-state index in [4.69, 9.17) is 26.9 Å².